The van der Waals surface area contributed by atoms with Gasteiger partial charge in [-0.25, -0.2) is 13.2 Å². The van der Waals surface area contributed by atoms with Crippen LogP contribution in [0.2, 0.25) is 0 Å². The summed E-state index contributed by atoms with van der Waals surface area (Å²) >= 11 is 0. The van der Waals surface area contributed by atoms with Gasteiger partial charge in [-0.3, -0.25) is 0 Å². The molecule has 178 valence electrons. The van der Waals surface area contributed by atoms with Crippen molar-refractivity contribution in [3.63, 3.8) is 0 Å². The molecule has 2 aromatic carbocycles. The van der Waals surface area contributed by atoms with Crippen LogP contribution in [0.1, 0.15) is 44.2 Å². The summed E-state index contributed by atoms with van der Waals surface area (Å²) in [6, 6.07) is 16.5. The second-order valence-electron chi connectivity index (χ2n) is 8.96. The van der Waals surface area contributed by atoms with Gasteiger partial charge in [0.15, 0.2) is 9.84 Å². The predicted molar refractivity (Wildman–Crippen MR) is 132 cm³/mol. The van der Waals surface area contributed by atoms with Gasteiger partial charge in [0.05, 0.1) is 10.6 Å². The number of rotatable bonds is 9. The van der Waals surface area contributed by atoms with Crippen LogP contribution < -0.4 is 10.6 Å². The molecule has 0 radical (unpaired) electrons. The van der Waals surface area contributed by atoms with Gasteiger partial charge < -0.3 is 15.4 Å². The number of hydrogen-bond acceptors (Lipinski definition) is 5. The van der Waals surface area contributed by atoms with E-state index in [1.54, 1.807) is 30.3 Å². The number of hydrogen-bond donors (Lipinski definition) is 2. The Balaban J connectivity index is 1.69. The average molecular weight is 471 g/mol. The molecule has 2 N–H and O–H groups in total. The van der Waals surface area contributed by atoms with Gasteiger partial charge in [0, 0.05) is 18.1 Å². The molecule has 0 unspecified atom stereocenters. The molecule has 0 aliphatic heterocycles. The molecule has 1 fully saturated rings. The van der Waals surface area contributed by atoms with Gasteiger partial charge >= 0.3 is 6.09 Å². The summed E-state index contributed by atoms with van der Waals surface area (Å²) in [5.41, 5.74) is 1.77. The lowest BCUT2D eigenvalue weighted by Gasteiger charge is -2.37. The molecule has 6 nitrogen and oxygen atoms in total. The fourth-order valence-electron chi connectivity index (χ4n) is 4.37. The Morgan fingerprint density at radius 3 is 2.45 bits per heavy atom. The third kappa shape index (κ3) is 7.44. The largest absolute Gasteiger partial charge is 0.445 e. The average Bonchev–Trinajstić information content (AvgIpc) is 2.79. The number of carbonyl (C=O) groups is 1. The molecule has 0 heterocycles. The van der Waals surface area contributed by atoms with E-state index in [0.717, 1.165) is 17.5 Å². The van der Waals surface area contributed by atoms with Crippen LogP contribution in [-0.2, 0) is 21.2 Å². The Labute approximate surface area is 197 Å². The fourth-order valence-corrected chi connectivity index (χ4v) is 6.04. The number of nitrogens with one attached hydrogen (secondary N) is 2. The molecule has 33 heavy (non-hydrogen) atoms. The first-order valence-electron chi connectivity index (χ1n) is 11.5. The molecule has 3 atom stereocenters. The summed E-state index contributed by atoms with van der Waals surface area (Å²) in [7, 11) is -3.51. The Bertz CT molecular complexity index is 1020. The number of sulfone groups is 1. The molecule has 0 aromatic heterocycles. The van der Waals surface area contributed by atoms with Crippen LogP contribution in [0.3, 0.4) is 0 Å². The number of ether oxygens (including phenoxy) is 1. The second-order valence-corrected chi connectivity index (χ2v) is 11.0. The summed E-state index contributed by atoms with van der Waals surface area (Å²) in [5, 5.41) is 6.46. The van der Waals surface area contributed by atoms with Crippen molar-refractivity contribution in [2.24, 2.45) is 5.92 Å². The molecule has 1 saturated carbocycles. The minimum atomic E-state index is -3.51. The van der Waals surface area contributed by atoms with Gasteiger partial charge in [-0.1, -0.05) is 69.0 Å². The van der Waals surface area contributed by atoms with Gasteiger partial charge in [0.1, 0.15) is 6.61 Å². The highest BCUT2D eigenvalue weighted by molar-refractivity contribution is 7.91. The van der Waals surface area contributed by atoms with Gasteiger partial charge in [-0.15, -0.1) is 0 Å². The lowest BCUT2D eigenvalue weighted by atomic mass is 9.82. The third-order valence-corrected chi connectivity index (χ3v) is 7.83. The summed E-state index contributed by atoms with van der Waals surface area (Å²) in [5.74, 6) is -0.247. The topological polar surface area (TPSA) is 84.5 Å². The zero-order chi connectivity index (χ0) is 23.8. The molecule has 1 aliphatic carbocycles. The molecule has 0 saturated heterocycles. The van der Waals surface area contributed by atoms with E-state index in [-0.39, 0.29) is 35.3 Å². The first kappa shape index (κ1) is 25.0. The van der Waals surface area contributed by atoms with Crippen molar-refractivity contribution in [3.8, 4) is 0 Å². The molecular weight excluding hydrogens is 436 g/mol. The molecular formula is C26H34N2O4S. The molecule has 0 bridgehead atoms. The highest BCUT2D eigenvalue weighted by atomic mass is 32.2. The quantitative estimate of drug-likeness (QED) is 0.561. The second kappa shape index (κ2) is 11.5. The van der Waals surface area contributed by atoms with Crippen LogP contribution >= 0.6 is 0 Å². The van der Waals surface area contributed by atoms with Crippen LogP contribution in [0.4, 0.5) is 4.79 Å². The van der Waals surface area contributed by atoms with Gasteiger partial charge in [-0.2, -0.15) is 0 Å². The first-order valence-corrected chi connectivity index (χ1v) is 13.1. The van der Waals surface area contributed by atoms with Crippen LogP contribution in [0.15, 0.2) is 66.1 Å². The van der Waals surface area contributed by atoms with E-state index in [2.05, 4.69) is 31.1 Å². The predicted octanol–water partition coefficient (Wildman–Crippen LogP) is 4.57. The van der Waals surface area contributed by atoms with E-state index in [9.17, 15) is 13.2 Å². The Morgan fingerprint density at radius 1 is 1.12 bits per heavy atom. The first-order chi connectivity index (χ1) is 15.8. The van der Waals surface area contributed by atoms with E-state index in [0.29, 0.717) is 18.9 Å². The number of amides is 1. The van der Waals surface area contributed by atoms with E-state index >= 15 is 0 Å². The smallest absolute Gasteiger partial charge is 0.407 e. The van der Waals surface area contributed by atoms with Crippen LogP contribution in [-0.4, -0.2) is 38.4 Å². The minimum absolute atomic E-state index is 0.0274. The van der Waals surface area contributed by atoms with Crippen LogP contribution in [0.5, 0.6) is 0 Å². The summed E-state index contributed by atoms with van der Waals surface area (Å²) in [6.45, 7) is 8.05. The summed E-state index contributed by atoms with van der Waals surface area (Å²) < 4.78 is 31.7. The lowest BCUT2D eigenvalue weighted by Crippen LogP contribution is -2.50. The highest BCUT2D eigenvalue weighted by Gasteiger charge is 2.35. The van der Waals surface area contributed by atoms with E-state index < -0.39 is 15.9 Å². The fraction of sp³-hybridized carbons (Fsp3) is 0.423. The molecule has 7 heteroatoms. The number of carbonyl (C=O) groups excluding carboxylic acids is 1. The zero-order valence-electron chi connectivity index (χ0n) is 19.4. The van der Waals surface area contributed by atoms with Crippen molar-refractivity contribution in [2.75, 3.05) is 5.75 Å². The minimum Gasteiger partial charge on any atom is -0.445 e. The maximum Gasteiger partial charge on any atom is 0.407 e. The molecule has 0 spiro atoms. The standard InChI is InChI=1S/C26H34N2O4S/c1-4-20-10-13-24(14-11-20)33(30,31)18-22-16-23(27-19(2)3)12-15-25(22)28-26(29)32-17-21-8-6-5-7-9-21/h4-11,13-14,19,22-23,25,27H,1,12,15-18H2,2-3H3,(H,28,29)/t22-,23-,25+/m1/s1. The summed E-state index contributed by atoms with van der Waals surface area (Å²) in [6.07, 6.45) is 3.40. The van der Waals surface area contributed by atoms with Crippen molar-refractivity contribution in [1.29, 1.82) is 0 Å². The third-order valence-electron chi connectivity index (χ3n) is 5.98. The van der Waals surface area contributed by atoms with Gasteiger partial charge in [-0.05, 0) is 48.4 Å². The van der Waals surface area contributed by atoms with E-state index in [1.165, 1.54) is 0 Å². The maximum atomic E-state index is 13.2. The normalized spacial score (nSPS) is 20.9. The van der Waals surface area contributed by atoms with Crippen molar-refractivity contribution < 1.29 is 17.9 Å². The Hall–Kier alpha value is -2.64. The van der Waals surface area contributed by atoms with Crippen LogP contribution in [0.25, 0.3) is 6.08 Å². The van der Waals surface area contributed by atoms with Crippen molar-refractivity contribution in [1.82, 2.24) is 10.6 Å². The Kier molecular flexibility index (Phi) is 8.69. The highest BCUT2D eigenvalue weighted by Crippen LogP contribution is 2.29. The van der Waals surface area contributed by atoms with E-state index in [4.69, 9.17) is 4.74 Å². The lowest BCUT2D eigenvalue weighted by molar-refractivity contribution is 0.125. The summed E-state index contributed by atoms with van der Waals surface area (Å²) in [4.78, 5) is 12.8. The number of alkyl carbamates (subject to hydrolysis) is 1. The molecule has 3 rings (SSSR count). The number of benzene rings is 2. The monoisotopic (exact) mass is 470 g/mol. The SMILES string of the molecule is C=Cc1ccc(S(=O)(=O)C[C@H]2C[C@H](NC(C)C)CC[C@@H]2NC(=O)OCc2ccccc2)cc1. The molecule has 1 aliphatic rings. The van der Waals surface area contributed by atoms with Crippen molar-refractivity contribution >= 4 is 22.0 Å². The van der Waals surface area contributed by atoms with Crippen molar-refractivity contribution in [2.45, 2.75) is 62.7 Å². The van der Waals surface area contributed by atoms with Crippen molar-refractivity contribution in [3.05, 3.63) is 72.3 Å². The zero-order valence-corrected chi connectivity index (χ0v) is 20.2. The van der Waals surface area contributed by atoms with Gasteiger partial charge in [0.25, 0.3) is 0 Å². The van der Waals surface area contributed by atoms with Gasteiger partial charge in [0.2, 0.25) is 0 Å². The molecule has 1 amide bonds. The Morgan fingerprint density at radius 2 is 1.82 bits per heavy atom. The van der Waals surface area contributed by atoms with Crippen LogP contribution in [0, 0.1) is 5.92 Å². The maximum absolute atomic E-state index is 13.2. The van der Waals surface area contributed by atoms with E-state index in [1.807, 2.05) is 30.3 Å². The molecule has 2 aromatic rings.